The molecule has 0 aromatic heterocycles. The van der Waals surface area contributed by atoms with Crippen LogP contribution in [0.3, 0.4) is 0 Å². The number of hydrogen-bond donors (Lipinski definition) is 0. The van der Waals surface area contributed by atoms with E-state index in [1.54, 1.807) is 0 Å². The standard InChI is InChI=1S/C11H11F3O3/c1-15-8-3-7(4-9(5-8)16-2)10(6-17-10)11(12,13)14/h3-5H,6H2,1-2H3/t10-/m1/s1. The second kappa shape index (κ2) is 3.80. The molecule has 1 aromatic rings. The highest BCUT2D eigenvalue weighted by molar-refractivity contribution is 5.43. The maximum Gasteiger partial charge on any atom is 0.424 e. The largest absolute Gasteiger partial charge is 0.497 e. The molecule has 6 heteroatoms. The van der Waals surface area contributed by atoms with E-state index in [0.717, 1.165) is 0 Å². The van der Waals surface area contributed by atoms with Crippen molar-refractivity contribution in [1.29, 1.82) is 0 Å². The Morgan fingerprint density at radius 1 is 1.12 bits per heavy atom. The summed E-state index contributed by atoms with van der Waals surface area (Å²) in [6.07, 6.45) is -4.44. The fraction of sp³-hybridized carbons (Fsp3) is 0.455. The van der Waals surface area contributed by atoms with Crippen LogP contribution in [0.5, 0.6) is 11.5 Å². The molecule has 0 radical (unpaired) electrons. The van der Waals surface area contributed by atoms with Gasteiger partial charge in [-0.2, -0.15) is 13.2 Å². The number of methoxy groups -OCH3 is 2. The lowest BCUT2D eigenvalue weighted by molar-refractivity contribution is -0.187. The minimum absolute atomic E-state index is 0.00111. The third-order valence-electron chi connectivity index (χ3n) is 2.71. The Balaban J connectivity index is 2.45. The lowest BCUT2D eigenvalue weighted by Crippen LogP contribution is -2.30. The van der Waals surface area contributed by atoms with Crippen LogP contribution in [0.4, 0.5) is 13.2 Å². The summed E-state index contributed by atoms with van der Waals surface area (Å²) in [6.45, 7) is -0.368. The molecule has 0 unspecified atom stereocenters. The van der Waals surface area contributed by atoms with Crippen LogP contribution in [0, 0.1) is 0 Å². The highest BCUT2D eigenvalue weighted by Crippen LogP contribution is 2.52. The molecule has 1 aliphatic heterocycles. The molecule has 1 aliphatic rings. The van der Waals surface area contributed by atoms with Crippen LogP contribution in [0.1, 0.15) is 5.56 Å². The van der Waals surface area contributed by atoms with Gasteiger partial charge in [0.05, 0.1) is 20.8 Å². The molecule has 3 nitrogen and oxygen atoms in total. The SMILES string of the molecule is COc1cc(OC)cc([C@@]2(C(F)(F)F)CO2)c1. The van der Waals surface area contributed by atoms with Gasteiger partial charge in [0, 0.05) is 11.6 Å². The van der Waals surface area contributed by atoms with Gasteiger partial charge in [0.15, 0.2) is 0 Å². The van der Waals surface area contributed by atoms with E-state index in [1.165, 1.54) is 32.4 Å². The zero-order chi connectivity index (χ0) is 12.7. The molecule has 0 amide bonds. The summed E-state index contributed by atoms with van der Waals surface area (Å²) < 4.78 is 53.0. The number of rotatable bonds is 3. The fourth-order valence-electron chi connectivity index (χ4n) is 1.61. The second-order valence-corrected chi connectivity index (χ2v) is 3.71. The Labute approximate surface area is 96.1 Å². The van der Waals surface area contributed by atoms with Gasteiger partial charge in [0.25, 0.3) is 0 Å². The number of halogens is 3. The van der Waals surface area contributed by atoms with Crippen molar-refractivity contribution in [3.8, 4) is 11.5 Å². The highest BCUT2D eigenvalue weighted by atomic mass is 19.4. The molecular formula is C11H11F3O3. The summed E-state index contributed by atoms with van der Waals surface area (Å²) >= 11 is 0. The second-order valence-electron chi connectivity index (χ2n) is 3.71. The molecule has 2 rings (SSSR count). The van der Waals surface area contributed by atoms with Crippen LogP contribution in [-0.4, -0.2) is 27.0 Å². The minimum atomic E-state index is -4.44. The third-order valence-corrected chi connectivity index (χ3v) is 2.71. The maximum absolute atomic E-state index is 12.8. The van der Waals surface area contributed by atoms with Crippen molar-refractivity contribution in [2.45, 2.75) is 11.8 Å². The summed E-state index contributed by atoms with van der Waals surface area (Å²) in [6, 6.07) is 4.13. The van der Waals surface area contributed by atoms with Gasteiger partial charge in [0.1, 0.15) is 11.5 Å². The Bertz CT molecular complexity index is 402. The molecule has 0 bridgehead atoms. The van der Waals surface area contributed by atoms with Gasteiger partial charge in [0.2, 0.25) is 5.60 Å². The lowest BCUT2D eigenvalue weighted by Gasteiger charge is -2.17. The zero-order valence-electron chi connectivity index (χ0n) is 9.30. The van der Waals surface area contributed by atoms with Crippen molar-refractivity contribution >= 4 is 0 Å². The molecule has 0 N–H and O–H groups in total. The van der Waals surface area contributed by atoms with Gasteiger partial charge in [-0.1, -0.05) is 0 Å². The first-order chi connectivity index (χ1) is 7.93. The van der Waals surface area contributed by atoms with E-state index in [1.807, 2.05) is 0 Å². The lowest BCUT2D eigenvalue weighted by atomic mass is 9.99. The Morgan fingerprint density at radius 3 is 1.88 bits per heavy atom. The van der Waals surface area contributed by atoms with E-state index < -0.39 is 11.8 Å². The number of hydrogen-bond acceptors (Lipinski definition) is 3. The predicted octanol–water partition coefficient (Wildman–Crippen LogP) is 2.49. The van der Waals surface area contributed by atoms with Crippen LogP contribution in [0.15, 0.2) is 18.2 Å². The monoisotopic (exact) mass is 248 g/mol. The number of epoxide rings is 1. The van der Waals surface area contributed by atoms with Crippen LogP contribution in [0.2, 0.25) is 0 Å². The summed E-state index contributed by atoms with van der Waals surface area (Å²) in [5, 5.41) is 0. The molecule has 1 atom stereocenters. The average Bonchev–Trinajstić information content (AvgIpc) is 3.08. The number of benzene rings is 1. The van der Waals surface area contributed by atoms with E-state index >= 15 is 0 Å². The van der Waals surface area contributed by atoms with Gasteiger partial charge in [-0.15, -0.1) is 0 Å². The molecule has 1 saturated heterocycles. The molecule has 94 valence electrons. The van der Waals surface area contributed by atoms with Crippen molar-refractivity contribution in [2.24, 2.45) is 0 Å². The zero-order valence-corrected chi connectivity index (χ0v) is 9.30. The van der Waals surface area contributed by atoms with E-state index in [-0.39, 0.29) is 12.2 Å². The number of alkyl halides is 3. The quantitative estimate of drug-likeness (QED) is 0.770. The van der Waals surface area contributed by atoms with Gasteiger partial charge in [-0.3, -0.25) is 0 Å². The summed E-state index contributed by atoms with van der Waals surface area (Å²) in [7, 11) is 2.76. The summed E-state index contributed by atoms with van der Waals surface area (Å²) in [5.41, 5.74) is -2.20. The topological polar surface area (TPSA) is 31.0 Å². The van der Waals surface area contributed by atoms with E-state index in [9.17, 15) is 13.2 Å². The van der Waals surface area contributed by atoms with E-state index in [4.69, 9.17) is 9.47 Å². The van der Waals surface area contributed by atoms with E-state index in [2.05, 4.69) is 4.74 Å². The molecular weight excluding hydrogens is 237 g/mol. The minimum Gasteiger partial charge on any atom is -0.497 e. The highest BCUT2D eigenvalue weighted by Gasteiger charge is 2.67. The third kappa shape index (κ3) is 1.93. The van der Waals surface area contributed by atoms with Crippen molar-refractivity contribution in [3.63, 3.8) is 0 Å². The molecule has 1 fully saturated rings. The van der Waals surface area contributed by atoms with Crippen LogP contribution in [0.25, 0.3) is 0 Å². The Morgan fingerprint density at radius 2 is 1.59 bits per heavy atom. The predicted molar refractivity (Wildman–Crippen MR) is 53.2 cm³/mol. The van der Waals surface area contributed by atoms with Crippen molar-refractivity contribution < 1.29 is 27.4 Å². The van der Waals surface area contributed by atoms with Crippen molar-refractivity contribution in [3.05, 3.63) is 23.8 Å². The Hall–Kier alpha value is -1.43. The molecule has 17 heavy (non-hydrogen) atoms. The molecule has 1 aromatic carbocycles. The first kappa shape index (κ1) is 12.0. The van der Waals surface area contributed by atoms with Gasteiger partial charge >= 0.3 is 6.18 Å². The van der Waals surface area contributed by atoms with Crippen LogP contribution >= 0.6 is 0 Å². The Kier molecular flexibility index (Phi) is 2.69. The van der Waals surface area contributed by atoms with Crippen LogP contribution in [-0.2, 0) is 10.3 Å². The van der Waals surface area contributed by atoms with Crippen molar-refractivity contribution in [1.82, 2.24) is 0 Å². The fourth-order valence-corrected chi connectivity index (χ4v) is 1.61. The maximum atomic E-state index is 12.8. The number of ether oxygens (including phenoxy) is 3. The van der Waals surface area contributed by atoms with Crippen molar-refractivity contribution in [2.75, 3.05) is 20.8 Å². The van der Waals surface area contributed by atoms with Gasteiger partial charge < -0.3 is 14.2 Å². The molecule has 0 aliphatic carbocycles. The van der Waals surface area contributed by atoms with Gasteiger partial charge in [-0.05, 0) is 12.1 Å². The smallest absolute Gasteiger partial charge is 0.424 e. The molecule has 1 heterocycles. The summed E-state index contributed by atoms with van der Waals surface area (Å²) in [4.78, 5) is 0. The first-order valence-electron chi connectivity index (χ1n) is 4.87. The summed E-state index contributed by atoms with van der Waals surface area (Å²) in [5.74, 6) is 0.608. The normalized spacial score (nSPS) is 23.4. The average molecular weight is 248 g/mol. The first-order valence-corrected chi connectivity index (χ1v) is 4.87. The van der Waals surface area contributed by atoms with Gasteiger partial charge in [-0.25, -0.2) is 0 Å². The molecule has 0 spiro atoms. The molecule has 0 saturated carbocycles. The van der Waals surface area contributed by atoms with E-state index in [0.29, 0.717) is 11.5 Å². The van der Waals surface area contributed by atoms with Crippen LogP contribution < -0.4 is 9.47 Å².